The van der Waals surface area contributed by atoms with Crippen molar-refractivity contribution in [3.63, 3.8) is 0 Å². The van der Waals surface area contributed by atoms with Gasteiger partial charge in [-0.3, -0.25) is 4.55 Å². The fourth-order valence-corrected chi connectivity index (χ4v) is 3.83. The maximum Gasteiger partial charge on any atom is 0.397 e. The van der Waals surface area contributed by atoms with E-state index in [9.17, 15) is 8.42 Å². The molecule has 0 fully saturated rings. The molecule has 0 aliphatic rings. The Balaban J connectivity index is 3.35. The molecule has 0 atom stereocenters. The van der Waals surface area contributed by atoms with E-state index >= 15 is 0 Å². The molecule has 0 spiro atoms. The van der Waals surface area contributed by atoms with E-state index in [0.29, 0.717) is 6.42 Å². The third-order valence-corrected chi connectivity index (χ3v) is 5.72. The highest BCUT2D eigenvalue weighted by Crippen LogP contribution is 2.13. The monoisotopic (exact) mass is 408 g/mol. The zero-order chi connectivity index (χ0) is 20.4. The van der Waals surface area contributed by atoms with Gasteiger partial charge in [-0.1, -0.05) is 84.0 Å². The van der Waals surface area contributed by atoms with Crippen LogP contribution in [0.4, 0.5) is 0 Å². The lowest BCUT2D eigenvalue weighted by atomic mass is 10.0. The smallest absolute Gasteiger partial charge is 0.328 e. The number of hydrogen-bond donors (Lipinski definition) is 1. The van der Waals surface area contributed by atoms with Crippen LogP contribution in [-0.4, -0.2) is 51.2 Å². The van der Waals surface area contributed by atoms with Gasteiger partial charge in [-0.05, 0) is 12.8 Å². The molecule has 0 aliphatic heterocycles. The number of rotatable bonds is 20. The molecule has 1 N–H and O–H groups in total. The predicted molar refractivity (Wildman–Crippen MR) is 114 cm³/mol. The van der Waals surface area contributed by atoms with Crippen LogP contribution in [0.3, 0.4) is 0 Å². The number of hydrogen-bond acceptors (Lipinski definition) is 3. The SMILES string of the molecule is CCCCCCCCCCCCCCCC[N+](C)(C)CCCOS(=O)(=O)O. The molecule has 0 unspecified atom stereocenters. The molecular formula is C21H46NO4S+. The molecule has 6 heteroatoms. The molecular weight excluding hydrogens is 362 g/mol. The highest BCUT2D eigenvalue weighted by atomic mass is 32.3. The minimum absolute atomic E-state index is 0.0548. The minimum Gasteiger partial charge on any atom is -0.328 e. The van der Waals surface area contributed by atoms with E-state index in [0.717, 1.165) is 17.6 Å². The quantitative estimate of drug-likeness (QED) is 0.158. The second kappa shape index (κ2) is 16.8. The zero-order valence-corrected chi connectivity index (χ0v) is 19.1. The molecule has 0 amide bonds. The summed E-state index contributed by atoms with van der Waals surface area (Å²) in [4.78, 5) is 0. The largest absolute Gasteiger partial charge is 0.397 e. The van der Waals surface area contributed by atoms with E-state index in [-0.39, 0.29) is 6.61 Å². The van der Waals surface area contributed by atoms with Crippen molar-refractivity contribution in [1.82, 2.24) is 0 Å². The Hall–Kier alpha value is -0.170. The van der Waals surface area contributed by atoms with Gasteiger partial charge < -0.3 is 4.48 Å². The minimum atomic E-state index is -4.29. The number of unbranched alkanes of at least 4 members (excludes halogenated alkanes) is 13. The Bertz CT molecular complexity index is 424. The van der Waals surface area contributed by atoms with Gasteiger partial charge in [0.1, 0.15) is 0 Å². The van der Waals surface area contributed by atoms with Gasteiger partial charge in [0.05, 0.1) is 33.8 Å². The van der Waals surface area contributed by atoms with E-state index in [4.69, 9.17) is 4.55 Å². The summed E-state index contributed by atoms with van der Waals surface area (Å²) in [5.41, 5.74) is 0. The van der Waals surface area contributed by atoms with Gasteiger partial charge in [-0.15, -0.1) is 0 Å². The summed E-state index contributed by atoms with van der Waals surface area (Å²) in [6, 6.07) is 0. The van der Waals surface area contributed by atoms with Crippen LogP contribution in [0.2, 0.25) is 0 Å². The van der Waals surface area contributed by atoms with Crippen molar-refractivity contribution in [3.8, 4) is 0 Å². The fourth-order valence-electron chi connectivity index (χ4n) is 3.50. The molecule has 5 nitrogen and oxygen atoms in total. The third kappa shape index (κ3) is 22.0. The Labute approximate surface area is 169 Å². The van der Waals surface area contributed by atoms with Crippen molar-refractivity contribution >= 4 is 10.4 Å². The Morgan fingerprint density at radius 3 is 1.44 bits per heavy atom. The molecule has 0 aliphatic carbocycles. The lowest BCUT2D eigenvalue weighted by Gasteiger charge is -2.29. The van der Waals surface area contributed by atoms with E-state index in [1.807, 2.05) is 0 Å². The molecule has 0 aromatic rings. The Morgan fingerprint density at radius 1 is 0.667 bits per heavy atom. The molecule has 0 saturated heterocycles. The van der Waals surface area contributed by atoms with Gasteiger partial charge in [-0.25, -0.2) is 4.18 Å². The van der Waals surface area contributed by atoms with Crippen molar-refractivity contribution in [2.45, 2.75) is 103 Å². The maximum atomic E-state index is 10.5. The second-order valence-electron chi connectivity index (χ2n) is 8.58. The van der Waals surface area contributed by atoms with Gasteiger partial charge >= 0.3 is 10.4 Å². The molecule has 0 saturated carbocycles. The first-order valence-electron chi connectivity index (χ1n) is 11.2. The normalized spacial score (nSPS) is 12.6. The fraction of sp³-hybridized carbons (Fsp3) is 1.00. The van der Waals surface area contributed by atoms with Crippen molar-refractivity contribution < 1.29 is 21.6 Å². The molecule has 0 rings (SSSR count). The first kappa shape index (κ1) is 26.8. The summed E-state index contributed by atoms with van der Waals surface area (Å²) in [5.74, 6) is 0. The molecule has 0 aromatic carbocycles. The third-order valence-electron chi connectivity index (χ3n) is 5.26. The van der Waals surface area contributed by atoms with Crippen LogP contribution >= 0.6 is 0 Å². The average Bonchev–Trinajstić information content (AvgIpc) is 2.58. The standard InChI is InChI=1S/C21H45NO4S/c1-4-5-6-7-8-9-10-11-12-13-14-15-16-17-19-22(2,3)20-18-21-26-27(23,24)25/h4-21H2,1-3H3/p+1. The summed E-state index contributed by atoms with van der Waals surface area (Å²) < 4.78 is 34.8. The summed E-state index contributed by atoms with van der Waals surface area (Å²) in [6.45, 7) is 4.28. The van der Waals surface area contributed by atoms with E-state index in [1.165, 1.54) is 89.9 Å². The number of quaternary nitrogens is 1. The average molecular weight is 409 g/mol. The highest BCUT2D eigenvalue weighted by Gasteiger charge is 2.14. The molecule has 0 heterocycles. The van der Waals surface area contributed by atoms with Crippen LogP contribution in [-0.2, 0) is 14.6 Å². The van der Waals surface area contributed by atoms with Crippen molar-refractivity contribution in [1.29, 1.82) is 0 Å². The van der Waals surface area contributed by atoms with Crippen molar-refractivity contribution in [2.24, 2.45) is 0 Å². The topological polar surface area (TPSA) is 63.6 Å². The molecule has 0 bridgehead atoms. The summed E-state index contributed by atoms with van der Waals surface area (Å²) >= 11 is 0. The summed E-state index contributed by atoms with van der Waals surface area (Å²) in [7, 11) is 0.0334. The molecule has 0 radical (unpaired) electrons. The predicted octanol–water partition coefficient (Wildman–Crippen LogP) is 5.75. The number of nitrogens with zero attached hydrogens (tertiary/aromatic N) is 1. The van der Waals surface area contributed by atoms with Gasteiger partial charge in [0, 0.05) is 6.42 Å². The van der Waals surface area contributed by atoms with Gasteiger partial charge in [0.2, 0.25) is 0 Å². The summed E-state index contributed by atoms with van der Waals surface area (Å²) in [6.07, 6.45) is 19.8. The Morgan fingerprint density at radius 2 is 1.04 bits per heavy atom. The van der Waals surface area contributed by atoms with Gasteiger partial charge in [0.25, 0.3) is 0 Å². The van der Waals surface area contributed by atoms with Crippen molar-refractivity contribution in [3.05, 3.63) is 0 Å². The first-order valence-corrected chi connectivity index (χ1v) is 12.6. The van der Waals surface area contributed by atoms with Crippen LogP contribution < -0.4 is 0 Å². The van der Waals surface area contributed by atoms with E-state index in [1.54, 1.807) is 0 Å². The van der Waals surface area contributed by atoms with E-state index in [2.05, 4.69) is 25.2 Å². The van der Waals surface area contributed by atoms with Crippen LogP contribution in [0.15, 0.2) is 0 Å². The van der Waals surface area contributed by atoms with Crippen LogP contribution in [0, 0.1) is 0 Å². The van der Waals surface area contributed by atoms with Gasteiger partial charge in [0.15, 0.2) is 0 Å². The zero-order valence-electron chi connectivity index (χ0n) is 18.3. The van der Waals surface area contributed by atoms with Crippen LogP contribution in [0.25, 0.3) is 0 Å². The Kier molecular flexibility index (Phi) is 16.6. The second-order valence-corrected chi connectivity index (χ2v) is 9.67. The van der Waals surface area contributed by atoms with Gasteiger partial charge in [-0.2, -0.15) is 8.42 Å². The highest BCUT2D eigenvalue weighted by molar-refractivity contribution is 7.80. The van der Waals surface area contributed by atoms with Crippen molar-refractivity contribution in [2.75, 3.05) is 33.8 Å². The first-order chi connectivity index (χ1) is 12.8. The van der Waals surface area contributed by atoms with Crippen LogP contribution in [0.5, 0.6) is 0 Å². The van der Waals surface area contributed by atoms with E-state index < -0.39 is 10.4 Å². The van der Waals surface area contributed by atoms with Crippen LogP contribution in [0.1, 0.15) is 103 Å². The lowest BCUT2D eigenvalue weighted by Crippen LogP contribution is -2.41. The molecule has 164 valence electrons. The maximum absolute atomic E-state index is 10.5. The molecule has 0 aromatic heterocycles. The molecule has 27 heavy (non-hydrogen) atoms. The lowest BCUT2D eigenvalue weighted by molar-refractivity contribution is -0.890. The summed E-state index contributed by atoms with van der Waals surface area (Å²) in [5, 5.41) is 0.